The van der Waals surface area contributed by atoms with E-state index >= 15 is 0 Å². The molecule has 2 aromatic heterocycles. The molecular weight excluding hydrogens is 394 g/mol. The molecule has 0 aliphatic heterocycles. The number of methoxy groups -OCH3 is 2. The molecule has 158 valence electrons. The van der Waals surface area contributed by atoms with Gasteiger partial charge < -0.3 is 14.8 Å². The van der Waals surface area contributed by atoms with Gasteiger partial charge in [0.2, 0.25) is 5.91 Å². The minimum Gasteiger partial charge on any atom is -0.497 e. The van der Waals surface area contributed by atoms with Crippen LogP contribution in [0.3, 0.4) is 0 Å². The van der Waals surface area contributed by atoms with Crippen molar-refractivity contribution in [1.29, 1.82) is 0 Å². The van der Waals surface area contributed by atoms with Crippen molar-refractivity contribution in [2.24, 2.45) is 0 Å². The fourth-order valence-corrected chi connectivity index (χ4v) is 3.43. The third kappa shape index (κ3) is 4.05. The van der Waals surface area contributed by atoms with Crippen molar-refractivity contribution in [1.82, 2.24) is 19.6 Å². The largest absolute Gasteiger partial charge is 0.497 e. The molecular formula is C23H23N5O3. The molecule has 0 saturated heterocycles. The van der Waals surface area contributed by atoms with Crippen molar-refractivity contribution < 1.29 is 14.3 Å². The molecule has 2 aromatic carbocycles. The van der Waals surface area contributed by atoms with E-state index in [0.717, 1.165) is 22.5 Å². The Morgan fingerprint density at radius 2 is 1.81 bits per heavy atom. The van der Waals surface area contributed by atoms with E-state index < -0.39 is 0 Å². The third-order valence-electron chi connectivity index (χ3n) is 5.10. The summed E-state index contributed by atoms with van der Waals surface area (Å²) in [6.07, 6.45) is 0.149. The van der Waals surface area contributed by atoms with E-state index in [4.69, 9.17) is 9.47 Å². The molecule has 0 spiro atoms. The summed E-state index contributed by atoms with van der Waals surface area (Å²) in [5, 5.41) is 7.50. The van der Waals surface area contributed by atoms with Crippen LogP contribution in [0.1, 0.15) is 17.0 Å². The summed E-state index contributed by atoms with van der Waals surface area (Å²) in [6, 6.07) is 15.0. The molecule has 0 unspecified atom stereocenters. The number of hydrogen-bond donors (Lipinski definition) is 1. The Hall–Kier alpha value is -3.94. The quantitative estimate of drug-likeness (QED) is 0.515. The number of anilines is 1. The van der Waals surface area contributed by atoms with Crippen LogP contribution in [0, 0.1) is 13.8 Å². The second kappa shape index (κ2) is 8.43. The highest BCUT2D eigenvalue weighted by molar-refractivity contribution is 5.94. The monoisotopic (exact) mass is 417 g/mol. The molecule has 0 saturated carbocycles. The molecule has 8 nitrogen and oxygen atoms in total. The van der Waals surface area contributed by atoms with E-state index in [1.807, 2.05) is 44.2 Å². The van der Waals surface area contributed by atoms with Gasteiger partial charge in [-0.3, -0.25) is 4.79 Å². The molecule has 4 aromatic rings. The first-order valence-electron chi connectivity index (χ1n) is 9.80. The number of nitrogens with zero attached hydrogens (tertiary/aromatic N) is 4. The van der Waals surface area contributed by atoms with Gasteiger partial charge in [0.15, 0.2) is 5.82 Å². The normalized spacial score (nSPS) is 10.8. The molecule has 2 heterocycles. The molecule has 0 bridgehead atoms. The maximum absolute atomic E-state index is 12.8. The first-order valence-corrected chi connectivity index (χ1v) is 9.80. The SMILES string of the molecule is COc1ccc(NC(=O)Cc2c(C)nc3nc(-c4ccccc4)nn3c2C)c(OC)c1. The van der Waals surface area contributed by atoms with Gasteiger partial charge in [0.1, 0.15) is 11.5 Å². The minimum atomic E-state index is -0.181. The van der Waals surface area contributed by atoms with Crippen LogP contribution in [-0.4, -0.2) is 39.7 Å². The summed E-state index contributed by atoms with van der Waals surface area (Å²) in [6.45, 7) is 3.79. The number of aryl methyl sites for hydroxylation is 2. The van der Waals surface area contributed by atoms with E-state index in [1.54, 1.807) is 36.9 Å². The van der Waals surface area contributed by atoms with Gasteiger partial charge in [-0.15, -0.1) is 5.10 Å². The highest BCUT2D eigenvalue weighted by atomic mass is 16.5. The van der Waals surface area contributed by atoms with Gasteiger partial charge in [-0.2, -0.15) is 4.98 Å². The number of carbonyl (C=O) groups excluding carboxylic acids is 1. The molecule has 1 N–H and O–H groups in total. The second-order valence-corrected chi connectivity index (χ2v) is 7.07. The Balaban J connectivity index is 1.62. The van der Waals surface area contributed by atoms with Gasteiger partial charge in [0, 0.05) is 28.6 Å². The van der Waals surface area contributed by atoms with Crippen LogP contribution in [0.25, 0.3) is 17.2 Å². The topological polar surface area (TPSA) is 90.6 Å². The van der Waals surface area contributed by atoms with E-state index in [-0.39, 0.29) is 12.3 Å². The standard InChI is InChI=1S/C23H23N5O3/c1-14-18(13-21(29)25-19-11-10-17(30-3)12-20(19)31-4)15(2)28-23(24-14)26-22(27-28)16-8-6-5-7-9-16/h5-12H,13H2,1-4H3,(H,25,29). The van der Waals surface area contributed by atoms with Crippen LogP contribution >= 0.6 is 0 Å². The fraction of sp³-hybridized carbons (Fsp3) is 0.217. The predicted octanol–water partition coefficient (Wildman–Crippen LogP) is 3.61. The number of carbonyl (C=O) groups is 1. The Morgan fingerprint density at radius 3 is 2.52 bits per heavy atom. The molecule has 4 rings (SSSR count). The van der Waals surface area contributed by atoms with Crippen molar-refractivity contribution in [2.75, 3.05) is 19.5 Å². The van der Waals surface area contributed by atoms with Crippen LogP contribution < -0.4 is 14.8 Å². The Bertz CT molecular complexity index is 1250. The van der Waals surface area contributed by atoms with E-state index in [0.29, 0.717) is 28.8 Å². The number of rotatable bonds is 6. The number of aromatic nitrogens is 4. The summed E-state index contributed by atoms with van der Waals surface area (Å²) in [7, 11) is 3.13. The number of amides is 1. The lowest BCUT2D eigenvalue weighted by atomic mass is 10.1. The van der Waals surface area contributed by atoms with Crippen molar-refractivity contribution in [3.8, 4) is 22.9 Å². The average Bonchev–Trinajstić information content (AvgIpc) is 3.21. The lowest BCUT2D eigenvalue weighted by Gasteiger charge is -2.13. The highest BCUT2D eigenvalue weighted by Gasteiger charge is 2.17. The van der Waals surface area contributed by atoms with Gasteiger partial charge in [-0.1, -0.05) is 30.3 Å². The second-order valence-electron chi connectivity index (χ2n) is 7.07. The number of ether oxygens (including phenoxy) is 2. The first kappa shape index (κ1) is 20.3. The molecule has 0 aliphatic carbocycles. The third-order valence-corrected chi connectivity index (χ3v) is 5.10. The van der Waals surface area contributed by atoms with Gasteiger partial charge >= 0.3 is 0 Å². The summed E-state index contributed by atoms with van der Waals surface area (Å²) < 4.78 is 12.2. The molecule has 0 aliphatic rings. The van der Waals surface area contributed by atoms with Crippen LogP contribution in [-0.2, 0) is 11.2 Å². The maximum atomic E-state index is 12.8. The lowest BCUT2D eigenvalue weighted by Crippen LogP contribution is -2.18. The van der Waals surface area contributed by atoms with E-state index in [9.17, 15) is 4.79 Å². The van der Waals surface area contributed by atoms with Gasteiger partial charge in [0.05, 0.1) is 26.3 Å². The molecule has 0 fully saturated rings. The Kier molecular flexibility index (Phi) is 5.53. The summed E-state index contributed by atoms with van der Waals surface area (Å²) in [4.78, 5) is 21.9. The molecule has 8 heteroatoms. The van der Waals surface area contributed by atoms with Crippen molar-refractivity contribution in [2.45, 2.75) is 20.3 Å². The van der Waals surface area contributed by atoms with Gasteiger partial charge in [0.25, 0.3) is 5.78 Å². The number of fused-ring (bicyclic) bond motifs is 1. The molecule has 0 radical (unpaired) electrons. The smallest absolute Gasteiger partial charge is 0.253 e. The summed E-state index contributed by atoms with van der Waals surface area (Å²) in [5.41, 5.74) is 3.87. The molecule has 1 amide bonds. The zero-order chi connectivity index (χ0) is 22.0. The van der Waals surface area contributed by atoms with E-state index in [1.165, 1.54) is 0 Å². The Labute approximate surface area is 179 Å². The average molecular weight is 417 g/mol. The highest BCUT2D eigenvalue weighted by Crippen LogP contribution is 2.29. The zero-order valence-electron chi connectivity index (χ0n) is 17.8. The summed E-state index contributed by atoms with van der Waals surface area (Å²) >= 11 is 0. The molecule has 0 atom stereocenters. The lowest BCUT2D eigenvalue weighted by molar-refractivity contribution is -0.115. The molecule has 31 heavy (non-hydrogen) atoms. The van der Waals surface area contributed by atoms with Crippen molar-refractivity contribution in [3.05, 3.63) is 65.5 Å². The fourth-order valence-electron chi connectivity index (χ4n) is 3.43. The number of hydrogen-bond acceptors (Lipinski definition) is 6. The van der Waals surface area contributed by atoms with Crippen LogP contribution in [0.5, 0.6) is 11.5 Å². The van der Waals surface area contributed by atoms with Crippen molar-refractivity contribution >= 4 is 17.4 Å². The van der Waals surface area contributed by atoms with E-state index in [2.05, 4.69) is 20.4 Å². The minimum absolute atomic E-state index is 0.149. The van der Waals surface area contributed by atoms with Crippen LogP contribution in [0.4, 0.5) is 5.69 Å². The summed E-state index contributed by atoms with van der Waals surface area (Å²) in [5.74, 6) is 2.10. The van der Waals surface area contributed by atoms with Crippen LogP contribution in [0.2, 0.25) is 0 Å². The first-order chi connectivity index (χ1) is 15.0. The zero-order valence-corrected chi connectivity index (χ0v) is 17.8. The van der Waals surface area contributed by atoms with Gasteiger partial charge in [-0.05, 0) is 26.0 Å². The Morgan fingerprint density at radius 1 is 1.03 bits per heavy atom. The van der Waals surface area contributed by atoms with Crippen molar-refractivity contribution in [3.63, 3.8) is 0 Å². The predicted molar refractivity (Wildman–Crippen MR) is 118 cm³/mol. The van der Waals surface area contributed by atoms with Gasteiger partial charge in [-0.25, -0.2) is 9.50 Å². The van der Waals surface area contributed by atoms with Crippen LogP contribution in [0.15, 0.2) is 48.5 Å². The maximum Gasteiger partial charge on any atom is 0.253 e. The number of nitrogens with one attached hydrogen (secondary N) is 1. The number of benzene rings is 2.